The second-order valence-corrected chi connectivity index (χ2v) is 6.79. The van der Waals surface area contributed by atoms with Gasteiger partial charge in [0, 0.05) is 4.75 Å². The smallest absolute Gasteiger partial charge is 0.314 e. The highest BCUT2D eigenvalue weighted by Gasteiger charge is 2.14. The lowest BCUT2D eigenvalue weighted by Gasteiger charge is -2.15. The maximum Gasteiger partial charge on any atom is 0.314 e. The molecule has 0 aliphatic heterocycles. The lowest BCUT2D eigenvalue weighted by atomic mass is 10.3. The van der Waals surface area contributed by atoms with E-state index in [-0.39, 0.29) is 10.5 Å². The number of carboxylic acid groups (broad SMARTS) is 1. The SMILES string of the molecule is CC(C)(C)SCc1noc(SCC(=O)O)n1. The Morgan fingerprint density at radius 1 is 1.50 bits per heavy atom. The third-order valence-electron chi connectivity index (χ3n) is 1.40. The fourth-order valence-corrected chi connectivity index (χ4v) is 1.95. The van der Waals surface area contributed by atoms with Gasteiger partial charge in [-0.15, -0.1) is 11.8 Å². The first-order valence-electron chi connectivity index (χ1n) is 4.68. The second-order valence-electron chi connectivity index (χ2n) is 4.06. The van der Waals surface area contributed by atoms with Crippen LogP contribution in [0.3, 0.4) is 0 Å². The van der Waals surface area contributed by atoms with Gasteiger partial charge in [0.05, 0.1) is 5.75 Å². The third-order valence-corrected chi connectivity index (χ3v) is 3.48. The van der Waals surface area contributed by atoms with Gasteiger partial charge >= 0.3 is 5.97 Å². The molecule has 0 fully saturated rings. The molecule has 1 aromatic rings. The molecule has 16 heavy (non-hydrogen) atoms. The summed E-state index contributed by atoms with van der Waals surface area (Å²) < 4.78 is 5.05. The molecule has 0 aliphatic rings. The summed E-state index contributed by atoms with van der Waals surface area (Å²) in [6.45, 7) is 6.33. The van der Waals surface area contributed by atoms with Crippen LogP contribution < -0.4 is 0 Å². The molecule has 0 bridgehead atoms. The van der Waals surface area contributed by atoms with E-state index in [0.717, 1.165) is 11.8 Å². The van der Waals surface area contributed by atoms with Crippen LogP contribution in [0.15, 0.2) is 9.75 Å². The highest BCUT2D eigenvalue weighted by molar-refractivity contribution is 8.00. The topological polar surface area (TPSA) is 76.2 Å². The van der Waals surface area contributed by atoms with Gasteiger partial charge in [-0.1, -0.05) is 37.7 Å². The summed E-state index contributed by atoms with van der Waals surface area (Å²) in [5.74, 6) is 0.316. The van der Waals surface area contributed by atoms with E-state index in [9.17, 15) is 4.79 Å². The first-order valence-corrected chi connectivity index (χ1v) is 6.65. The minimum atomic E-state index is -0.895. The molecule has 0 saturated heterocycles. The van der Waals surface area contributed by atoms with Crippen molar-refractivity contribution in [3.8, 4) is 0 Å². The summed E-state index contributed by atoms with van der Waals surface area (Å²) in [5, 5.41) is 12.6. The van der Waals surface area contributed by atoms with E-state index >= 15 is 0 Å². The highest BCUT2D eigenvalue weighted by Crippen LogP contribution is 2.26. The molecule has 1 N–H and O–H groups in total. The number of thioether (sulfide) groups is 2. The van der Waals surface area contributed by atoms with E-state index in [2.05, 4.69) is 30.9 Å². The predicted octanol–water partition coefficient (Wildman–Crippen LogP) is 2.28. The zero-order chi connectivity index (χ0) is 12.2. The van der Waals surface area contributed by atoms with Crippen LogP contribution in [-0.4, -0.2) is 31.7 Å². The van der Waals surface area contributed by atoms with Gasteiger partial charge in [-0.3, -0.25) is 4.79 Å². The summed E-state index contributed by atoms with van der Waals surface area (Å²) in [6, 6.07) is 0. The van der Waals surface area contributed by atoms with Gasteiger partial charge in [0.2, 0.25) is 0 Å². The standard InChI is InChI=1S/C9H14N2O3S2/c1-9(2,3)16-4-6-10-8(14-11-6)15-5-7(12)13/h4-5H2,1-3H3,(H,12,13). The summed E-state index contributed by atoms with van der Waals surface area (Å²) in [7, 11) is 0. The molecule has 0 unspecified atom stereocenters. The average molecular weight is 262 g/mol. The molecule has 0 saturated carbocycles. The molecule has 1 aromatic heterocycles. The van der Waals surface area contributed by atoms with Crippen molar-refractivity contribution in [2.75, 3.05) is 5.75 Å². The first-order chi connectivity index (χ1) is 7.37. The molecule has 0 amide bonds. The Morgan fingerprint density at radius 2 is 2.19 bits per heavy atom. The van der Waals surface area contributed by atoms with Crippen LogP contribution in [0.1, 0.15) is 26.6 Å². The minimum Gasteiger partial charge on any atom is -0.481 e. The lowest BCUT2D eigenvalue weighted by Crippen LogP contribution is -2.07. The molecule has 0 aromatic carbocycles. The van der Waals surface area contributed by atoms with Crippen molar-refractivity contribution in [1.29, 1.82) is 0 Å². The molecule has 0 radical (unpaired) electrons. The Kier molecular flexibility index (Phi) is 4.67. The van der Waals surface area contributed by atoms with Crippen LogP contribution in [0.2, 0.25) is 0 Å². The fourth-order valence-electron chi connectivity index (χ4n) is 0.760. The van der Waals surface area contributed by atoms with Gasteiger partial charge in [0.15, 0.2) is 5.82 Å². The maximum atomic E-state index is 10.3. The number of aromatic nitrogens is 2. The van der Waals surface area contributed by atoms with Gasteiger partial charge in [-0.05, 0) is 0 Å². The number of hydrogen-bond donors (Lipinski definition) is 1. The quantitative estimate of drug-likeness (QED) is 0.816. The maximum absolute atomic E-state index is 10.3. The molecular weight excluding hydrogens is 248 g/mol. The van der Waals surface area contributed by atoms with Crippen molar-refractivity contribution in [2.24, 2.45) is 0 Å². The molecule has 0 aliphatic carbocycles. The summed E-state index contributed by atoms with van der Waals surface area (Å²) in [6.07, 6.45) is 0. The Hall–Kier alpha value is -0.690. The van der Waals surface area contributed by atoms with E-state index in [1.54, 1.807) is 11.8 Å². The van der Waals surface area contributed by atoms with Crippen LogP contribution in [0.5, 0.6) is 0 Å². The molecule has 1 rings (SSSR count). The number of aliphatic carboxylic acids is 1. The van der Waals surface area contributed by atoms with E-state index < -0.39 is 5.97 Å². The molecule has 7 heteroatoms. The van der Waals surface area contributed by atoms with E-state index in [0.29, 0.717) is 16.8 Å². The van der Waals surface area contributed by atoms with E-state index in [4.69, 9.17) is 9.63 Å². The van der Waals surface area contributed by atoms with Crippen LogP contribution in [-0.2, 0) is 10.5 Å². The van der Waals surface area contributed by atoms with Crippen LogP contribution in [0.4, 0.5) is 0 Å². The van der Waals surface area contributed by atoms with Crippen molar-refractivity contribution < 1.29 is 14.4 Å². The van der Waals surface area contributed by atoms with E-state index in [1.807, 2.05) is 0 Å². The van der Waals surface area contributed by atoms with Crippen molar-refractivity contribution in [2.45, 2.75) is 36.5 Å². The minimum absolute atomic E-state index is 0.0615. The van der Waals surface area contributed by atoms with Crippen molar-refractivity contribution >= 4 is 29.5 Å². The Morgan fingerprint density at radius 3 is 2.75 bits per heavy atom. The van der Waals surface area contributed by atoms with Crippen molar-refractivity contribution in [3.05, 3.63) is 5.82 Å². The van der Waals surface area contributed by atoms with Gasteiger partial charge in [-0.25, -0.2) is 0 Å². The zero-order valence-corrected chi connectivity index (χ0v) is 11.0. The molecule has 0 spiro atoms. The zero-order valence-electron chi connectivity index (χ0n) is 9.39. The number of rotatable bonds is 5. The first kappa shape index (κ1) is 13.4. The summed E-state index contributed by atoms with van der Waals surface area (Å²) >= 11 is 2.75. The fraction of sp³-hybridized carbons (Fsp3) is 0.667. The van der Waals surface area contributed by atoms with Crippen LogP contribution in [0, 0.1) is 0 Å². The number of nitrogens with zero attached hydrogens (tertiary/aromatic N) is 2. The molecular formula is C9H14N2O3S2. The van der Waals surface area contributed by atoms with E-state index in [1.165, 1.54) is 0 Å². The lowest BCUT2D eigenvalue weighted by molar-refractivity contribution is -0.133. The Bertz CT molecular complexity index is 360. The number of carbonyl (C=O) groups is 1. The van der Waals surface area contributed by atoms with Gasteiger partial charge in [0.25, 0.3) is 5.22 Å². The van der Waals surface area contributed by atoms with Crippen LogP contribution >= 0.6 is 23.5 Å². The molecule has 5 nitrogen and oxygen atoms in total. The predicted molar refractivity (Wildman–Crippen MR) is 63.7 cm³/mol. The number of hydrogen-bond acceptors (Lipinski definition) is 6. The largest absolute Gasteiger partial charge is 0.481 e. The third kappa shape index (κ3) is 5.41. The van der Waals surface area contributed by atoms with Gasteiger partial charge < -0.3 is 9.63 Å². The molecule has 90 valence electrons. The Balaban J connectivity index is 2.42. The van der Waals surface area contributed by atoms with Crippen molar-refractivity contribution in [3.63, 3.8) is 0 Å². The second kappa shape index (κ2) is 5.58. The van der Waals surface area contributed by atoms with Crippen LogP contribution in [0.25, 0.3) is 0 Å². The van der Waals surface area contributed by atoms with Crippen molar-refractivity contribution in [1.82, 2.24) is 10.1 Å². The number of carboxylic acids is 1. The Labute approximate surface area is 102 Å². The van der Waals surface area contributed by atoms with Gasteiger partial charge in [0.1, 0.15) is 5.75 Å². The summed E-state index contributed by atoms with van der Waals surface area (Å²) in [5.41, 5.74) is 0. The highest BCUT2D eigenvalue weighted by atomic mass is 32.2. The summed E-state index contributed by atoms with van der Waals surface area (Å²) in [4.78, 5) is 14.4. The van der Waals surface area contributed by atoms with Gasteiger partial charge in [-0.2, -0.15) is 4.98 Å². The normalized spacial score (nSPS) is 11.7. The monoisotopic (exact) mass is 262 g/mol. The average Bonchev–Trinajstić information content (AvgIpc) is 2.58. The molecule has 0 atom stereocenters. The molecule has 1 heterocycles.